The van der Waals surface area contributed by atoms with Gasteiger partial charge in [0.2, 0.25) is 5.91 Å². The summed E-state index contributed by atoms with van der Waals surface area (Å²) in [6.45, 7) is 6.16. The molecule has 0 aliphatic carbocycles. The van der Waals surface area contributed by atoms with Crippen LogP contribution in [0.5, 0.6) is 0 Å². The predicted octanol–water partition coefficient (Wildman–Crippen LogP) is -0.125. The highest BCUT2D eigenvalue weighted by molar-refractivity contribution is 5.84. The lowest BCUT2D eigenvalue weighted by Crippen LogP contribution is -2.60. The Morgan fingerprint density at radius 3 is 2.50 bits per heavy atom. The summed E-state index contributed by atoms with van der Waals surface area (Å²) < 4.78 is 5.07. The van der Waals surface area contributed by atoms with Gasteiger partial charge in [0.25, 0.3) is 0 Å². The number of hydrogen-bond donors (Lipinski definition) is 2. The van der Waals surface area contributed by atoms with Crippen molar-refractivity contribution >= 4 is 5.91 Å². The first-order valence-electron chi connectivity index (χ1n) is 4.06. The maximum atomic E-state index is 11.1. The number of nitrogens with one attached hydrogen (secondary N) is 1. The third kappa shape index (κ3) is 2.19. The van der Waals surface area contributed by atoms with Gasteiger partial charge in [0.15, 0.2) is 0 Å². The minimum atomic E-state index is -0.774. The number of carbonyl (C=O) groups is 1. The molecule has 0 saturated heterocycles. The summed E-state index contributed by atoms with van der Waals surface area (Å²) in [6.07, 6.45) is -0.227. The van der Waals surface area contributed by atoms with Crippen LogP contribution in [0.15, 0.2) is 0 Å². The summed E-state index contributed by atoms with van der Waals surface area (Å²) >= 11 is 0. The summed E-state index contributed by atoms with van der Waals surface area (Å²) in [5, 5.41) is 3.01. The molecule has 0 radical (unpaired) electrons. The second-order valence-corrected chi connectivity index (χ2v) is 2.97. The average molecular weight is 174 g/mol. The Kier molecular flexibility index (Phi) is 4.20. The van der Waals surface area contributed by atoms with Gasteiger partial charge in [-0.15, -0.1) is 0 Å². The quantitative estimate of drug-likeness (QED) is 0.610. The first-order valence-corrected chi connectivity index (χ1v) is 4.06. The van der Waals surface area contributed by atoms with E-state index in [-0.39, 0.29) is 6.10 Å². The van der Waals surface area contributed by atoms with E-state index in [4.69, 9.17) is 10.5 Å². The van der Waals surface area contributed by atoms with Crippen molar-refractivity contribution in [3.8, 4) is 0 Å². The van der Waals surface area contributed by atoms with Crippen molar-refractivity contribution in [2.75, 3.05) is 13.7 Å². The van der Waals surface area contributed by atoms with Crippen molar-refractivity contribution in [2.45, 2.75) is 32.4 Å². The van der Waals surface area contributed by atoms with Crippen LogP contribution in [-0.2, 0) is 9.53 Å². The van der Waals surface area contributed by atoms with Gasteiger partial charge >= 0.3 is 0 Å². The molecule has 2 atom stereocenters. The summed E-state index contributed by atoms with van der Waals surface area (Å²) in [4.78, 5) is 11.1. The summed E-state index contributed by atoms with van der Waals surface area (Å²) in [5.41, 5.74) is 4.48. The molecule has 2 unspecified atom stereocenters. The number of carbonyl (C=O) groups excluding carboxylic acids is 1. The molecule has 0 heterocycles. The molecule has 0 aromatic rings. The molecule has 4 nitrogen and oxygen atoms in total. The first-order chi connectivity index (χ1) is 5.49. The highest BCUT2D eigenvalue weighted by Gasteiger charge is 2.36. The summed E-state index contributed by atoms with van der Waals surface area (Å²) in [6, 6.07) is 0. The second-order valence-electron chi connectivity index (χ2n) is 2.97. The molecule has 3 N–H and O–H groups in total. The van der Waals surface area contributed by atoms with Gasteiger partial charge in [-0.1, -0.05) is 6.92 Å². The van der Waals surface area contributed by atoms with E-state index in [1.54, 1.807) is 14.0 Å². The van der Waals surface area contributed by atoms with Crippen molar-refractivity contribution in [3.63, 3.8) is 0 Å². The van der Waals surface area contributed by atoms with Gasteiger partial charge in [-0.2, -0.15) is 0 Å². The highest BCUT2D eigenvalue weighted by atomic mass is 16.5. The smallest absolute Gasteiger partial charge is 0.240 e. The molecule has 12 heavy (non-hydrogen) atoms. The van der Waals surface area contributed by atoms with E-state index in [1.807, 2.05) is 13.8 Å². The third-order valence-electron chi connectivity index (χ3n) is 2.22. The molecule has 0 aliphatic heterocycles. The van der Waals surface area contributed by atoms with Gasteiger partial charge in [-0.3, -0.25) is 4.79 Å². The number of methoxy groups -OCH3 is 1. The molecule has 0 spiro atoms. The predicted molar refractivity (Wildman–Crippen MR) is 47.7 cm³/mol. The van der Waals surface area contributed by atoms with Crippen molar-refractivity contribution in [2.24, 2.45) is 5.73 Å². The minimum Gasteiger partial charge on any atom is -0.379 e. The largest absolute Gasteiger partial charge is 0.379 e. The summed E-state index contributed by atoms with van der Waals surface area (Å²) in [5.74, 6) is -0.390. The van der Waals surface area contributed by atoms with Crippen molar-refractivity contribution in [3.05, 3.63) is 0 Å². The van der Waals surface area contributed by atoms with E-state index in [0.717, 1.165) is 0 Å². The standard InChI is InChI=1S/C8H18N2O2/c1-5-10-8(3,7(9)11)6(2)12-4/h6,10H,5H2,1-4H3,(H2,9,11). The average Bonchev–Trinajstić information content (AvgIpc) is 2.03. The molecule has 0 bridgehead atoms. The fourth-order valence-corrected chi connectivity index (χ4v) is 1.03. The van der Waals surface area contributed by atoms with Crippen LogP contribution in [0.1, 0.15) is 20.8 Å². The van der Waals surface area contributed by atoms with Gasteiger partial charge in [-0.05, 0) is 20.4 Å². The fraction of sp³-hybridized carbons (Fsp3) is 0.875. The van der Waals surface area contributed by atoms with Crippen molar-refractivity contribution in [1.82, 2.24) is 5.32 Å². The Balaban J connectivity index is 4.48. The molecular formula is C8H18N2O2. The molecular weight excluding hydrogens is 156 g/mol. The molecule has 72 valence electrons. The van der Waals surface area contributed by atoms with Crippen LogP contribution in [0.2, 0.25) is 0 Å². The molecule has 1 amide bonds. The number of amides is 1. The number of ether oxygens (including phenoxy) is 1. The van der Waals surface area contributed by atoms with Crippen LogP contribution in [0.25, 0.3) is 0 Å². The van der Waals surface area contributed by atoms with E-state index in [2.05, 4.69) is 5.32 Å². The Hall–Kier alpha value is -0.610. The molecule has 0 fully saturated rings. The zero-order chi connectivity index (χ0) is 9.78. The van der Waals surface area contributed by atoms with Crippen LogP contribution < -0.4 is 11.1 Å². The third-order valence-corrected chi connectivity index (χ3v) is 2.22. The van der Waals surface area contributed by atoms with Crippen LogP contribution in [0.4, 0.5) is 0 Å². The fourth-order valence-electron chi connectivity index (χ4n) is 1.03. The van der Waals surface area contributed by atoms with Crippen molar-refractivity contribution in [1.29, 1.82) is 0 Å². The topological polar surface area (TPSA) is 64.3 Å². The van der Waals surface area contributed by atoms with Gasteiger partial charge in [0.05, 0.1) is 6.10 Å². The number of likely N-dealkylation sites (N-methyl/N-ethyl adjacent to an activating group) is 1. The maximum Gasteiger partial charge on any atom is 0.240 e. The molecule has 0 aromatic heterocycles. The Morgan fingerprint density at radius 1 is 1.75 bits per heavy atom. The van der Waals surface area contributed by atoms with Gasteiger partial charge in [-0.25, -0.2) is 0 Å². The Bertz CT molecular complexity index is 161. The molecule has 4 heteroatoms. The zero-order valence-corrected chi connectivity index (χ0v) is 8.18. The Morgan fingerprint density at radius 2 is 2.25 bits per heavy atom. The first kappa shape index (κ1) is 11.4. The van der Waals surface area contributed by atoms with Crippen LogP contribution in [0, 0.1) is 0 Å². The normalized spacial score (nSPS) is 18.3. The zero-order valence-electron chi connectivity index (χ0n) is 8.18. The van der Waals surface area contributed by atoms with E-state index in [1.165, 1.54) is 0 Å². The highest BCUT2D eigenvalue weighted by Crippen LogP contribution is 2.11. The number of hydrogen-bond acceptors (Lipinski definition) is 3. The van der Waals surface area contributed by atoms with E-state index < -0.39 is 11.4 Å². The van der Waals surface area contributed by atoms with Gasteiger partial charge in [0, 0.05) is 7.11 Å². The second kappa shape index (κ2) is 4.42. The number of rotatable bonds is 5. The van der Waals surface area contributed by atoms with Crippen LogP contribution in [-0.4, -0.2) is 31.2 Å². The van der Waals surface area contributed by atoms with E-state index >= 15 is 0 Å². The monoisotopic (exact) mass is 174 g/mol. The lowest BCUT2D eigenvalue weighted by Gasteiger charge is -2.32. The van der Waals surface area contributed by atoms with E-state index in [0.29, 0.717) is 6.54 Å². The minimum absolute atomic E-state index is 0.227. The van der Waals surface area contributed by atoms with Gasteiger partial charge < -0.3 is 15.8 Å². The van der Waals surface area contributed by atoms with Crippen LogP contribution in [0.3, 0.4) is 0 Å². The van der Waals surface area contributed by atoms with Crippen molar-refractivity contribution < 1.29 is 9.53 Å². The van der Waals surface area contributed by atoms with Gasteiger partial charge in [0.1, 0.15) is 5.54 Å². The Labute approximate surface area is 73.5 Å². The van der Waals surface area contributed by atoms with E-state index in [9.17, 15) is 4.79 Å². The lowest BCUT2D eigenvalue weighted by molar-refractivity contribution is -0.128. The number of nitrogens with two attached hydrogens (primary N) is 1. The van der Waals surface area contributed by atoms with Crippen LogP contribution >= 0.6 is 0 Å². The maximum absolute atomic E-state index is 11.1. The molecule has 0 rings (SSSR count). The molecule has 0 aromatic carbocycles. The summed E-state index contributed by atoms with van der Waals surface area (Å²) in [7, 11) is 1.56. The molecule has 0 saturated carbocycles. The SMILES string of the molecule is CCNC(C)(C(N)=O)C(C)OC. The lowest BCUT2D eigenvalue weighted by atomic mass is 9.95. The number of primary amides is 1. The molecule has 0 aliphatic rings.